The Morgan fingerprint density at radius 3 is 2.13 bits per heavy atom. The van der Waals surface area contributed by atoms with Gasteiger partial charge in [0, 0.05) is 27.9 Å². The van der Waals surface area contributed by atoms with Crippen molar-refractivity contribution in [1.29, 1.82) is 0 Å². The second-order valence-electron chi connectivity index (χ2n) is 9.53. The van der Waals surface area contributed by atoms with Crippen molar-refractivity contribution < 1.29 is 23.9 Å². The Bertz CT molecular complexity index is 1450. The summed E-state index contributed by atoms with van der Waals surface area (Å²) in [6.45, 7) is 5.98. The number of amides is 2. The molecule has 1 atom stereocenters. The number of hydrogen-bond acceptors (Lipinski definition) is 9. The van der Waals surface area contributed by atoms with Gasteiger partial charge in [-0.15, -0.1) is 0 Å². The molecule has 1 aromatic heterocycles. The van der Waals surface area contributed by atoms with E-state index in [-0.39, 0.29) is 29.2 Å². The Labute approximate surface area is 226 Å². The van der Waals surface area contributed by atoms with Crippen molar-refractivity contribution in [3.63, 3.8) is 0 Å². The molecule has 0 saturated heterocycles. The Kier molecular flexibility index (Phi) is 7.96. The lowest BCUT2D eigenvalue weighted by Gasteiger charge is -2.25. The van der Waals surface area contributed by atoms with Crippen LogP contribution in [0, 0.1) is 17.3 Å². The van der Waals surface area contributed by atoms with E-state index in [0.29, 0.717) is 34.3 Å². The maximum atomic E-state index is 12.9. The van der Waals surface area contributed by atoms with Crippen LogP contribution in [0.25, 0.3) is 0 Å². The summed E-state index contributed by atoms with van der Waals surface area (Å²) in [6, 6.07) is 14.8. The molecule has 3 N–H and O–H groups in total. The smallest absolute Gasteiger partial charge is 0.257 e. The molecular weight excluding hydrogens is 500 g/mol. The van der Waals surface area contributed by atoms with Gasteiger partial charge < -0.3 is 24.9 Å². The Balaban J connectivity index is 1.37. The number of aromatic nitrogens is 2. The van der Waals surface area contributed by atoms with Crippen LogP contribution in [0.4, 0.5) is 17.3 Å². The Morgan fingerprint density at radius 1 is 0.872 bits per heavy atom. The van der Waals surface area contributed by atoms with Gasteiger partial charge in [0.2, 0.25) is 23.5 Å². The molecule has 11 nitrogen and oxygen atoms in total. The van der Waals surface area contributed by atoms with E-state index in [1.165, 1.54) is 14.2 Å². The second kappa shape index (κ2) is 11.5. The van der Waals surface area contributed by atoms with Crippen molar-refractivity contribution in [2.45, 2.75) is 26.9 Å². The zero-order valence-corrected chi connectivity index (χ0v) is 22.2. The van der Waals surface area contributed by atoms with Crippen LogP contribution in [-0.4, -0.2) is 47.9 Å². The number of nitrogens with one attached hydrogen (secondary N) is 3. The maximum Gasteiger partial charge on any atom is 0.257 e. The quantitative estimate of drug-likeness (QED) is 0.392. The van der Waals surface area contributed by atoms with E-state index < -0.39 is 5.91 Å². The average molecular weight is 529 g/mol. The van der Waals surface area contributed by atoms with Gasteiger partial charge in [-0.05, 0) is 54.3 Å². The average Bonchev–Trinajstić information content (AvgIpc) is 2.93. The molecule has 2 aromatic carbocycles. The molecule has 2 heterocycles. The van der Waals surface area contributed by atoms with E-state index in [9.17, 15) is 9.59 Å². The largest absolute Gasteiger partial charge is 0.481 e. The lowest BCUT2D eigenvalue weighted by molar-refractivity contribution is 0.0235. The van der Waals surface area contributed by atoms with E-state index in [1.54, 1.807) is 54.6 Å². The van der Waals surface area contributed by atoms with E-state index >= 15 is 0 Å². The number of hydrogen-bond donors (Lipinski definition) is 3. The summed E-state index contributed by atoms with van der Waals surface area (Å²) in [7, 11) is 2.99. The fourth-order valence-corrected chi connectivity index (χ4v) is 3.34. The number of rotatable bonds is 7. The van der Waals surface area contributed by atoms with Gasteiger partial charge in [-0.2, -0.15) is 9.97 Å². The third-order valence-electron chi connectivity index (χ3n) is 5.47. The van der Waals surface area contributed by atoms with Crippen molar-refractivity contribution in [2.24, 2.45) is 10.6 Å². The summed E-state index contributed by atoms with van der Waals surface area (Å²) in [5.74, 6) is 6.10. The number of oxime groups is 1. The highest BCUT2D eigenvalue weighted by molar-refractivity contribution is 6.13. The van der Waals surface area contributed by atoms with E-state index in [0.717, 1.165) is 0 Å². The lowest BCUT2D eigenvalue weighted by Crippen LogP contribution is -2.34. The topological polar surface area (TPSA) is 136 Å². The summed E-state index contributed by atoms with van der Waals surface area (Å²) in [6.07, 6.45) is -0.351. The number of methoxy groups -OCH3 is 2. The van der Waals surface area contributed by atoms with Crippen LogP contribution in [-0.2, 0) is 4.84 Å². The SMILES string of the molecule is COc1cc(OC)nc(Nc2cccc(C(=O)Nc3ccc(C(=O)NC4=NO[C@@H](C(C)(C)C)C#C4)cc3)c2)n1. The summed E-state index contributed by atoms with van der Waals surface area (Å²) in [4.78, 5) is 39.3. The van der Waals surface area contributed by atoms with Crippen molar-refractivity contribution >= 4 is 35.0 Å². The number of carbonyl (C=O) groups is 2. The molecule has 0 unspecified atom stereocenters. The number of benzene rings is 2. The van der Waals surface area contributed by atoms with Gasteiger partial charge >= 0.3 is 0 Å². The molecule has 0 saturated carbocycles. The highest BCUT2D eigenvalue weighted by Gasteiger charge is 2.27. The van der Waals surface area contributed by atoms with Crippen LogP contribution in [0.5, 0.6) is 11.8 Å². The molecule has 2 amide bonds. The zero-order valence-electron chi connectivity index (χ0n) is 22.2. The molecule has 200 valence electrons. The molecule has 1 aliphatic heterocycles. The monoisotopic (exact) mass is 528 g/mol. The standard InChI is InChI=1S/C28H28N6O5/c1-28(2,3)21-13-14-22(34-39-21)31-25(35)17-9-11-19(12-10-17)29-26(36)18-7-6-8-20(15-18)30-27-32-23(37-4)16-24(33-27)38-5/h6-12,15-16,21H,1-5H3,(H,29,36)(H,30,32,33)(H,31,34,35)/t21-/m1/s1. The van der Waals surface area contributed by atoms with E-state index in [1.807, 2.05) is 20.8 Å². The third-order valence-corrected chi connectivity index (χ3v) is 5.47. The van der Waals surface area contributed by atoms with Crippen LogP contribution in [0.3, 0.4) is 0 Å². The minimum Gasteiger partial charge on any atom is -0.481 e. The first kappa shape index (κ1) is 26.9. The molecule has 1 aliphatic rings. The highest BCUT2D eigenvalue weighted by Crippen LogP contribution is 2.23. The number of nitrogens with zero attached hydrogens (tertiary/aromatic N) is 3. The fourth-order valence-electron chi connectivity index (χ4n) is 3.34. The zero-order chi connectivity index (χ0) is 28.0. The van der Waals surface area contributed by atoms with Gasteiger partial charge in [-0.25, -0.2) is 0 Å². The minimum absolute atomic E-state index is 0.143. The molecule has 11 heteroatoms. The van der Waals surface area contributed by atoms with E-state index in [4.69, 9.17) is 14.3 Å². The van der Waals surface area contributed by atoms with Gasteiger partial charge in [0.25, 0.3) is 11.8 Å². The van der Waals surface area contributed by atoms with Gasteiger partial charge in [0.05, 0.1) is 20.3 Å². The third kappa shape index (κ3) is 7.01. The van der Waals surface area contributed by atoms with Gasteiger partial charge in [0.15, 0.2) is 6.10 Å². The summed E-state index contributed by atoms with van der Waals surface area (Å²) in [5.41, 5.74) is 1.69. The Hall–Kier alpha value is -5.11. The molecular formula is C28H28N6O5. The summed E-state index contributed by atoms with van der Waals surface area (Å²) >= 11 is 0. The second-order valence-corrected chi connectivity index (χ2v) is 9.53. The van der Waals surface area contributed by atoms with Gasteiger partial charge in [-0.3, -0.25) is 14.9 Å². The lowest BCUT2D eigenvalue weighted by atomic mass is 9.89. The number of anilines is 3. The molecule has 0 spiro atoms. The van der Waals surface area contributed by atoms with Crippen LogP contribution < -0.4 is 25.4 Å². The summed E-state index contributed by atoms with van der Waals surface area (Å²) < 4.78 is 10.3. The summed E-state index contributed by atoms with van der Waals surface area (Å²) in [5, 5.41) is 12.4. The number of ether oxygens (including phenoxy) is 2. The molecule has 0 aliphatic carbocycles. The van der Waals surface area contributed by atoms with Crippen molar-refractivity contribution in [2.75, 3.05) is 24.9 Å². The predicted octanol–water partition coefficient (Wildman–Crippen LogP) is 3.98. The van der Waals surface area contributed by atoms with Crippen LogP contribution in [0.15, 0.2) is 59.8 Å². The maximum absolute atomic E-state index is 12.9. The molecule has 3 aromatic rings. The van der Waals surface area contributed by atoms with Crippen LogP contribution in [0.1, 0.15) is 41.5 Å². The van der Waals surface area contributed by atoms with Gasteiger partial charge in [-0.1, -0.05) is 32.0 Å². The predicted molar refractivity (Wildman–Crippen MR) is 146 cm³/mol. The molecule has 0 bridgehead atoms. The first-order chi connectivity index (χ1) is 18.6. The van der Waals surface area contributed by atoms with Crippen molar-refractivity contribution in [1.82, 2.24) is 15.3 Å². The number of amidine groups is 1. The van der Waals surface area contributed by atoms with Crippen LogP contribution >= 0.6 is 0 Å². The Morgan fingerprint density at radius 2 is 1.54 bits per heavy atom. The van der Waals surface area contributed by atoms with Crippen molar-refractivity contribution in [3.05, 3.63) is 65.7 Å². The first-order valence-electron chi connectivity index (χ1n) is 12.0. The molecule has 0 radical (unpaired) electrons. The van der Waals surface area contributed by atoms with E-state index in [2.05, 4.69) is 42.9 Å². The molecule has 4 rings (SSSR count). The number of carbonyl (C=O) groups excluding carboxylic acids is 2. The molecule has 39 heavy (non-hydrogen) atoms. The molecule has 0 fully saturated rings. The fraction of sp³-hybridized carbons (Fsp3) is 0.250. The first-order valence-corrected chi connectivity index (χ1v) is 12.0. The normalized spacial score (nSPS) is 14.1. The highest BCUT2D eigenvalue weighted by atomic mass is 16.6. The van der Waals surface area contributed by atoms with Crippen molar-refractivity contribution in [3.8, 4) is 23.6 Å². The van der Waals surface area contributed by atoms with Gasteiger partial charge in [0.1, 0.15) is 0 Å². The van der Waals surface area contributed by atoms with Crippen LogP contribution in [0.2, 0.25) is 0 Å². The minimum atomic E-state index is -0.395.